The van der Waals surface area contributed by atoms with Gasteiger partial charge in [0.05, 0.1) is 11.5 Å². The second-order valence-corrected chi connectivity index (χ2v) is 15.4. The van der Waals surface area contributed by atoms with Crippen LogP contribution in [0.2, 0.25) is 0 Å². The highest BCUT2D eigenvalue weighted by Crippen LogP contribution is 2.81. The zero-order valence-corrected chi connectivity index (χ0v) is 23.5. The normalized spacial score (nSPS) is 56.8. The molecular formula is C31H51NO3. The van der Waals surface area contributed by atoms with Crippen LogP contribution < -0.4 is 5.73 Å². The third kappa shape index (κ3) is 2.60. The first kappa shape index (κ1) is 25.8. The molecular weight excluding hydrogens is 434 g/mol. The monoisotopic (exact) mass is 485 g/mol. The van der Waals surface area contributed by atoms with Crippen LogP contribution in [-0.2, 0) is 4.79 Å². The smallest absolute Gasteiger partial charge is 0.309 e. The average Bonchev–Trinajstić information content (AvgIpc) is 3.19. The molecule has 10 atom stereocenters. The van der Waals surface area contributed by atoms with Crippen molar-refractivity contribution in [3.05, 3.63) is 12.2 Å². The Morgan fingerprint density at radius 1 is 0.829 bits per heavy atom. The minimum atomic E-state index is -0.603. The molecule has 0 spiro atoms. The summed E-state index contributed by atoms with van der Waals surface area (Å²) >= 11 is 0. The van der Waals surface area contributed by atoms with Gasteiger partial charge in [-0.05, 0) is 111 Å². The van der Waals surface area contributed by atoms with Crippen molar-refractivity contribution >= 4 is 5.97 Å². The number of nitrogens with two attached hydrogens (primary N) is 1. The van der Waals surface area contributed by atoms with Gasteiger partial charge in [0.25, 0.3) is 0 Å². The van der Waals surface area contributed by atoms with Crippen LogP contribution in [0, 0.1) is 50.2 Å². The van der Waals surface area contributed by atoms with E-state index in [-0.39, 0.29) is 44.6 Å². The van der Waals surface area contributed by atoms with Crippen LogP contribution in [0.3, 0.4) is 0 Å². The molecule has 0 aromatic carbocycles. The maximum absolute atomic E-state index is 12.9. The van der Waals surface area contributed by atoms with E-state index in [2.05, 4.69) is 55.0 Å². The molecule has 4 N–H and O–H groups in total. The number of hydrogen-bond acceptors (Lipinski definition) is 3. The summed E-state index contributed by atoms with van der Waals surface area (Å²) in [7, 11) is 0. The highest BCUT2D eigenvalue weighted by Gasteiger charge is 2.77. The number of allylic oxidation sites excluding steroid dienone is 1. The number of rotatable bonds is 2. The fraction of sp³-hybridized carbons (Fsp3) is 0.903. The molecule has 5 aliphatic rings. The Morgan fingerprint density at radius 3 is 2.06 bits per heavy atom. The molecule has 0 aliphatic heterocycles. The van der Waals surface area contributed by atoms with Gasteiger partial charge in [0, 0.05) is 11.0 Å². The van der Waals surface area contributed by atoms with E-state index in [0.717, 1.165) is 64.2 Å². The first-order chi connectivity index (χ1) is 16.0. The molecule has 0 aromatic rings. The first-order valence-corrected chi connectivity index (χ1v) is 14.3. The van der Waals surface area contributed by atoms with Crippen molar-refractivity contribution in [1.82, 2.24) is 0 Å². The molecule has 5 fully saturated rings. The van der Waals surface area contributed by atoms with Crippen LogP contribution in [0.15, 0.2) is 12.2 Å². The first-order valence-electron chi connectivity index (χ1n) is 14.3. The quantitative estimate of drug-likeness (QED) is 0.387. The average molecular weight is 486 g/mol. The summed E-state index contributed by atoms with van der Waals surface area (Å²) < 4.78 is 0. The third-order valence-electron chi connectivity index (χ3n) is 14.7. The van der Waals surface area contributed by atoms with Crippen LogP contribution in [0.1, 0.15) is 113 Å². The van der Waals surface area contributed by atoms with E-state index in [1.165, 1.54) is 5.57 Å². The van der Waals surface area contributed by atoms with Crippen LogP contribution in [0.5, 0.6) is 0 Å². The molecule has 4 heteroatoms. The second kappa shape index (κ2) is 7.16. The van der Waals surface area contributed by atoms with Crippen molar-refractivity contribution in [2.24, 2.45) is 56.0 Å². The number of aliphatic hydroxyl groups excluding tert-OH is 1. The minimum Gasteiger partial charge on any atom is -0.481 e. The van der Waals surface area contributed by atoms with E-state index in [0.29, 0.717) is 11.8 Å². The summed E-state index contributed by atoms with van der Waals surface area (Å²) in [6, 6.07) is 0. The Bertz CT molecular complexity index is 959. The third-order valence-corrected chi connectivity index (χ3v) is 14.7. The van der Waals surface area contributed by atoms with Crippen molar-refractivity contribution in [1.29, 1.82) is 0 Å². The van der Waals surface area contributed by atoms with E-state index < -0.39 is 11.4 Å². The van der Waals surface area contributed by atoms with Gasteiger partial charge in [-0.3, -0.25) is 4.79 Å². The zero-order chi connectivity index (χ0) is 26.0. The Kier molecular flexibility index (Phi) is 5.27. The number of carboxylic acid groups (broad SMARTS) is 1. The second-order valence-electron chi connectivity index (χ2n) is 15.4. The minimum absolute atomic E-state index is 0.0299. The molecule has 0 saturated heterocycles. The van der Waals surface area contributed by atoms with Gasteiger partial charge in [0.1, 0.15) is 0 Å². The van der Waals surface area contributed by atoms with E-state index in [1.807, 2.05) is 0 Å². The summed E-state index contributed by atoms with van der Waals surface area (Å²) in [6.45, 7) is 20.9. The van der Waals surface area contributed by atoms with Crippen molar-refractivity contribution in [3.8, 4) is 0 Å². The maximum atomic E-state index is 12.9. The number of aliphatic carboxylic acids is 1. The SMILES string of the molecule is C=C(C)[C@@H]1CC[C@]2(C(=O)O)CC[C@@]3(C)C4(C)CC[C@@]5(N)C(C)(C)[C@@H](O)CC[C@]5(C)[C@H]4CC[C@]3(C)[C@@H]12. The number of hydrogen-bond donors (Lipinski definition) is 3. The standard InChI is InChI=1S/C31H51NO3/c1-19(2)20-9-14-30(24(34)35)17-16-29(8)26(5)15-18-31(32)25(3,4)22(33)11-13-27(31,6)21(26)10-12-28(29,7)23(20)30/h20-23,33H,1,9-18,32H2,2-8H3,(H,34,35)/t20-,21-,22-,23+,26?,27+,28+,29-,30-,31+/m0/s1. The fourth-order valence-corrected chi connectivity index (χ4v) is 12.0. The summed E-state index contributed by atoms with van der Waals surface area (Å²) in [5, 5.41) is 21.6. The molecule has 4 nitrogen and oxygen atoms in total. The fourth-order valence-electron chi connectivity index (χ4n) is 12.0. The summed E-state index contributed by atoms with van der Waals surface area (Å²) in [5.41, 5.74) is 7.39. The number of carboxylic acids is 1. The lowest BCUT2D eigenvalue weighted by molar-refractivity contribution is -0.281. The predicted molar refractivity (Wildman–Crippen MR) is 141 cm³/mol. The van der Waals surface area contributed by atoms with Gasteiger partial charge < -0.3 is 15.9 Å². The van der Waals surface area contributed by atoms with E-state index in [4.69, 9.17) is 5.73 Å². The topological polar surface area (TPSA) is 83.5 Å². The molecule has 5 saturated carbocycles. The van der Waals surface area contributed by atoms with Crippen LogP contribution in [0.4, 0.5) is 0 Å². The molecule has 5 aliphatic carbocycles. The summed E-state index contributed by atoms with van der Waals surface area (Å²) in [5.74, 6) is 0.373. The Balaban J connectivity index is 1.64. The Hall–Kier alpha value is -0.870. The summed E-state index contributed by atoms with van der Waals surface area (Å²) in [6.07, 6.45) is 9.18. The van der Waals surface area contributed by atoms with Crippen LogP contribution in [0.25, 0.3) is 0 Å². The zero-order valence-electron chi connectivity index (χ0n) is 23.5. The van der Waals surface area contributed by atoms with Gasteiger partial charge in [-0.1, -0.05) is 53.7 Å². The van der Waals surface area contributed by atoms with Gasteiger partial charge in [0.2, 0.25) is 0 Å². The molecule has 0 amide bonds. The molecule has 35 heavy (non-hydrogen) atoms. The Morgan fingerprint density at radius 2 is 1.46 bits per heavy atom. The number of aliphatic hydroxyl groups is 1. The largest absolute Gasteiger partial charge is 0.481 e. The maximum Gasteiger partial charge on any atom is 0.309 e. The number of fused-ring (bicyclic) bond motifs is 7. The van der Waals surface area contributed by atoms with Crippen molar-refractivity contribution < 1.29 is 15.0 Å². The van der Waals surface area contributed by atoms with Gasteiger partial charge in [-0.25, -0.2) is 0 Å². The molecule has 198 valence electrons. The van der Waals surface area contributed by atoms with E-state index >= 15 is 0 Å². The van der Waals surface area contributed by atoms with E-state index in [1.54, 1.807) is 0 Å². The lowest BCUT2D eigenvalue weighted by atomic mass is 9.28. The van der Waals surface area contributed by atoms with Crippen molar-refractivity contribution in [2.45, 2.75) is 124 Å². The molecule has 1 unspecified atom stereocenters. The lowest BCUT2D eigenvalue weighted by Gasteiger charge is -2.77. The molecule has 0 aromatic heterocycles. The van der Waals surface area contributed by atoms with Gasteiger partial charge in [-0.15, -0.1) is 0 Å². The van der Waals surface area contributed by atoms with Gasteiger partial charge in [0.15, 0.2) is 0 Å². The van der Waals surface area contributed by atoms with Crippen LogP contribution in [-0.4, -0.2) is 27.8 Å². The highest BCUT2D eigenvalue weighted by molar-refractivity contribution is 5.76. The highest BCUT2D eigenvalue weighted by atomic mass is 16.4. The van der Waals surface area contributed by atoms with Crippen molar-refractivity contribution in [3.63, 3.8) is 0 Å². The van der Waals surface area contributed by atoms with Crippen LogP contribution >= 0.6 is 0 Å². The summed E-state index contributed by atoms with van der Waals surface area (Å²) in [4.78, 5) is 12.9. The van der Waals surface area contributed by atoms with Gasteiger partial charge in [-0.2, -0.15) is 0 Å². The Labute approximate surface area is 213 Å². The predicted octanol–water partition coefficient (Wildman–Crippen LogP) is 6.56. The van der Waals surface area contributed by atoms with Gasteiger partial charge >= 0.3 is 5.97 Å². The molecule has 5 rings (SSSR count). The molecule has 0 bridgehead atoms. The number of carbonyl (C=O) groups is 1. The lowest BCUT2D eigenvalue weighted by Crippen LogP contribution is -2.78. The van der Waals surface area contributed by atoms with Crippen molar-refractivity contribution in [2.75, 3.05) is 0 Å². The van der Waals surface area contributed by atoms with E-state index in [9.17, 15) is 15.0 Å². The molecule has 0 radical (unpaired) electrons. The molecule has 0 heterocycles.